The SMILES string of the molecule is O=C(Nc1cccc(F)c1)ONC1=Nc2ccc(Cl)cc2C(c2ccccc2F)=NC1. The number of amidine groups is 1. The maximum atomic E-state index is 14.4. The van der Waals surface area contributed by atoms with Gasteiger partial charge in [-0.15, -0.1) is 0 Å². The first kappa shape index (κ1) is 20.5. The topological polar surface area (TPSA) is 75.1 Å². The van der Waals surface area contributed by atoms with Crippen molar-refractivity contribution in [2.75, 3.05) is 11.9 Å². The number of amides is 1. The molecule has 2 N–H and O–H groups in total. The first-order valence-corrected chi connectivity index (χ1v) is 9.53. The fourth-order valence-corrected chi connectivity index (χ4v) is 3.14. The van der Waals surface area contributed by atoms with Crippen LogP contribution in [0.5, 0.6) is 0 Å². The van der Waals surface area contributed by atoms with Gasteiger partial charge in [0, 0.05) is 21.8 Å². The Balaban J connectivity index is 1.56. The van der Waals surface area contributed by atoms with E-state index in [0.29, 0.717) is 27.5 Å². The predicted molar refractivity (Wildman–Crippen MR) is 115 cm³/mol. The van der Waals surface area contributed by atoms with E-state index in [9.17, 15) is 13.6 Å². The van der Waals surface area contributed by atoms with Crippen LogP contribution in [0.4, 0.5) is 25.0 Å². The van der Waals surface area contributed by atoms with Crippen LogP contribution in [0.2, 0.25) is 5.02 Å². The molecule has 0 saturated heterocycles. The molecule has 0 bridgehead atoms. The third-order valence-electron chi connectivity index (χ3n) is 4.32. The lowest BCUT2D eigenvalue weighted by molar-refractivity contribution is 0.134. The Morgan fingerprint density at radius 3 is 2.65 bits per heavy atom. The molecule has 4 rings (SSSR count). The molecule has 0 radical (unpaired) electrons. The lowest BCUT2D eigenvalue weighted by atomic mass is 10.0. The van der Waals surface area contributed by atoms with Crippen molar-refractivity contribution in [2.24, 2.45) is 9.98 Å². The summed E-state index contributed by atoms with van der Waals surface area (Å²) in [7, 11) is 0. The lowest BCUT2D eigenvalue weighted by Gasteiger charge is -2.09. The Bertz CT molecular complexity index is 1210. The van der Waals surface area contributed by atoms with E-state index >= 15 is 0 Å². The van der Waals surface area contributed by atoms with Crippen LogP contribution in [-0.2, 0) is 4.84 Å². The van der Waals surface area contributed by atoms with Crippen LogP contribution in [0, 0.1) is 11.6 Å². The summed E-state index contributed by atoms with van der Waals surface area (Å²) >= 11 is 6.13. The Labute approximate surface area is 181 Å². The van der Waals surface area contributed by atoms with Crippen molar-refractivity contribution in [1.29, 1.82) is 0 Å². The predicted octanol–water partition coefficient (Wildman–Crippen LogP) is 5.25. The number of nitrogens with one attached hydrogen (secondary N) is 2. The minimum Gasteiger partial charge on any atom is -0.323 e. The molecule has 0 atom stereocenters. The van der Waals surface area contributed by atoms with Gasteiger partial charge in [0.2, 0.25) is 0 Å². The van der Waals surface area contributed by atoms with E-state index < -0.39 is 17.7 Å². The van der Waals surface area contributed by atoms with E-state index in [0.717, 1.165) is 6.07 Å². The summed E-state index contributed by atoms with van der Waals surface area (Å²) in [5.41, 5.74) is 4.37. The average Bonchev–Trinajstić information content (AvgIpc) is 2.92. The number of nitrogens with zero attached hydrogens (tertiary/aromatic N) is 2. The highest BCUT2D eigenvalue weighted by atomic mass is 35.5. The Morgan fingerprint density at radius 1 is 1.00 bits per heavy atom. The van der Waals surface area contributed by atoms with Crippen molar-refractivity contribution in [3.63, 3.8) is 0 Å². The van der Waals surface area contributed by atoms with Crippen molar-refractivity contribution >= 4 is 40.6 Å². The highest BCUT2D eigenvalue weighted by Gasteiger charge is 2.19. The first-order chi connectivity index (χ1) is 15.0. The second kappa shape index (κ2) is 8.93. The molecule has 1 aliphatic heterocycles. The quantitative estimate of drug-likeness (QED) is 0.534. The first-order valence-electron chi connectivity index (χ1n) is 9.16. The monoisotopic (exact) mass is 440 g/mol. The molecule has 0 fully saturated rings. The van der Waals surface area contributed by atoms with E-state index in [1.165, 1.54) is 24.3 Å². The van der Waals surface area contributed by atoms with Gasteiger partial charge < -0.3 is 4.84 Å². The number of benzene rings is 3. The van der Waals surface area contributed by atoms with Crippen LogP contribution in [0.15, 0.2) is 76.7 Å². The smallest absolute Gasteiger partial charge is 0.323 e. The molecule has 0 saturated carbocycles. The molecule has 0 aliphatic carbocycles. The van der Waals surface area contributed by atoms with Crippen LogP contribution in [0.1, 0.15) is 11.1 Å². The van der Waals surface area contributed by atoms with E-state index in [1.807, 2.05) is 0 Å². The van der Waals surface area contributed by atoms with Crippen LogP contribution >= 0.6 is 11.6 Å². The minimum atomic E-state index is -0.868. The summed E-state index contributed by atoms with van der Waals surface area (Å²) in [5, 5.41) is 2.83. The number of hydrogen-bond donors (Lipinski definition) is 2. The van der Waals surface area contributed by atoms with Crippen molar-refractivity contribution in [3.8, 4) is 0 Å². The highest BCUT2D eigenvalue weighted by Crippen LogP contribution is 2.29. The second-order valence-corrected chi connectivity index (χ2v) is 6.93. The molecule has 156 valence electrons. The number of carbonyl (C=O) groups is 1. The van der Waals surface area contributed by atoms with Gasteiger partial charge in [0.05, 0.1) is 11.4 Å². The summed E-state index contributed by atoms with van der Waals surface area (Å²) in [6, 6.07) is 16.6. The zero-order valence-electron chi connectivity index (χ0n) is 15.9. The van der Waals surface area contributed by atoms with Crippen molar-refractivity contribution in [1.82, 2.24) is 5.48 Å². The van der Waals surface area contributed by atoms with E-state index in [-0.39, 0.29) is 18.1 Å². The van der Waals surface area contributed by atoms with Gasteiger partial charge in [-0.05, 0) is 48.5 Å². The Morgan fingerprint density at radius 2 is 1.84 bits per heavy atom. The van der Waals surface area contributed by atoms with Gasteiger partial charge in [-0.1, -0.05) is 29.8 Å². The van der Waals surface area contributed by atoms with Gasteiger partial charge in [0.1, 0.15) is 18.2 Å². The molecular weight excluding hydrogens is 426 g/mol. The van der Waals surface area contributed by atoms with Crippen LogP contribution in [0.3, 0.4) is 0 Å². The van der Waals surface area contributed by atoms with Crippen molar-refractivity contribution in [2.45, 2.75) is 0 Å². The maximum absolute atomic E-state index is 14.4. The van der Waals surface area contributed by atoms with Crippen molar-refractivity contribution in [3.05, 3.63) is 94.5 Å². The molecule has 0 aromatic heterocycles. The summed E-state index contributed by atoms with van der Waals surface area (Å²) in [6.07, 6.45) is -0.868. The summed E-state index contributed by atoms with van der Waals surface area (Å²) in [6.45, 7) is -0.0107. The Hall–Kier alpha value is -3.78. The lowest BCUT2D eigenvalue weighted by Crippen LogP contribution is -2.31. The number of hydroxylamine groups is 1. The zero-order chi connectivity index (χ0) is 21.8. The average molecular weight is 441 g/mol. The van der Waals surface area contributed by atoms with Crippen molar-refractivity contribution < 1.29 is 18.4 Å². The molecule has 0 spiro atoms. The largest absolute Gasteiger partial charge is 0.435 e. The number of hydrogen-bond acceptors (Lipinski definition) is 5. The molecular formula is C22H15ClF2N4O2. The van der Waals surface area contributed by atoms with Gasteiger partial charge in [-0.3, -0.25) is 10.3 Å². The maximum Gasteiger partial charge on any atom is 0.435 e. The highest BCUT2D eigenvalue weighted by molar-refractivity contribution is 6.31. The normalized spacial score (nSPS) is 12.7. The molecule has 31 heavy (non-hydrogen) atoms. The number of anilines is 1. The fraction of sp³-hybridized carbons (Fsp3) is 0.0455. The van der Waals surface area contributed by atoms with Crippen LogP contribution < -0.4 is 10.8 Å². The number of fused-ring (bicyclic) bond motifs is 1. The van der Waals surface area contributed by atoms with Crippen LogP contribution in [0.25, 0.3) is 0 Å². The molecule has 6 nitrogen and oxygen atoms in total. The molecule has 3 aromatic carbocycles. The van der Waals surface area contributed by atoms with Gasteiger partial charge in [-0.2, -0.15) is 0 Å². The van der Waals surface area contributed by atoms with Crippen LogP contribution in [-0.4, -0.2) is 24.2 Å². The molecule has 1 amide bonds. The van der Waals surface area contributed by atoms with Gasteiger partial charge in [0.25, 0.3) is 0 Å². The second-order valence-electron chi connectivity index (χ2n) is 6.49. The summed E-state index contributed by atoms with van der Waals surface area (Å²) in [4.78, 5) is 25.8. The number of aliphatic imine (C=N–C) groups is 2. The summed E-state index contributed by atoms with van der Waals surface area (Å²) < 4.78 is 27.7. The molecule has 0 unspecified atom stereocenters. The van der Waals surface area contributed by atoms with E-state index in [1.54, 1.807) is 36.4 Å². The van der Waals surface area contributed by atoms with Gasteiger partial charge in [-0.25, -0.2) is 24.0 Å². The molecule has 1 aliphatic rings. The molecule has 1 heterocycles. The fourth-order valence-electron chi connectivity index (χ4n) is 2.97. The zero-order valence-corrected chi connectivity index (χ0v) is 16.7. The van der Waals surface area contributed by atoms with E-state index in [2.05, 4.69) is 20.8 Å². The minimum absolute atomic E-state index is 0.0107. The molecule has 3 aromatic rings. The Kier molecular flexibility index (Phi) is 5.90. The third-order valence-corrected chi connectivity index (χ3v) is 4.55. The number of rotatable bonds is 2. The van der Waals surface area contributed by atoms with E-state index in [4.69, 9.17) is 16.4 Å². The standard InChI is InChI=1S/C22H15ClF2N4O2/c23-13-8-9-19-17(10-13)21(16-6-1-2-7-18(16)25)26-12-20(28-19)29-31-22(30)27-15-5-3-4-14(24)11-15/h1-11H,12H2,(H,27,30)(H,28,29). The molecule has 9 heteroatoms. The summed E-state index contributed by atoms with van der Waals surface area (Å²) in [5.74, 6) is -0.720. The van der Waals surface area contributed by atoms with Gasteiger partial charge >= 0.3 is 6.09 Å². The third kappa shape index (κ3) is 4.87. The number of halogens is 3. The van der Waals surface area contributed by atoms with Gasteiger partial charge in [0.15, 0.2) is 5.84 Å². The number of carbonyl (C=O) groups excluding carboxylic acids is 1.